The number of rotatable bonds is 3. The topological polar surface area (TPSA) is 57.8 Å². The fraction of sp³-hybridized carbons (Fsp3) is 0.556. The van der Waals surface area contributed by atoms with Crippen LogP contribution in [-0.2, 0) is 11.3 Å². The summed E-state index contributed by atoms with van der Waals surface area (Å²) in [6, 6.07) is 6.11. The first-order valence-corrected chi connectivity index (χ1v) is 8.21. The molecule has 5 heteroatoms. The van der Waals surface area contributed by atoms with E-state index in [1.54, 1.807) is 6.20 Å². The third-order valence-electron chi connectivity index (χ3n) is 5.02. The summed E-state index contributed by atoms with van der Waals surface area (Å²) in [4.78, 5) is 13.8. The van der Waals surface area contributed by atoms with Gasteiger partial charge in [0.2, 0.25) is 0 Å². The van der Waals surface area contributed by atoms with E-state index in [4.69, 9.17) is 0 Å². The fourth-order valence-corrected chi connectivity index (χ4v) is 3.51. The first-order chi connectivity index (χ1) is 10.8. The number of hydrogen-bond donors (Lipinski definition) is 1. The maximum atomic E-state index is 11.6. The van der Waals surface area contributed by atoms with Gasteiger partial charge in [-0.3, -0.25) is 9.69 Å². The summed E-state index contributed by atoms with van der Waals surface area (Å²) in [6.07, 6.45) is 4.51. The maximum absolute atomic E-state index is 11.6. The Hall–Kier alpha value is -1.88. The van der Waals surface area contributed by atoms with Crippen LogP contribution in [0.25, 0.3) is 5.52 Å². The van der Waals surface area contributed by atoms with Crippen molar-refractivity contribution >= 4 is 11.5 Å². The van der Waals surface area contributed by atoms with E-state index in [1.165, 1.54) is 5.56 Å². The third-order valence-corrected chi connectivity index (χ3v) is 5.02. The second-order valence-electron chi connectivity index (χ2n) is 7.72. The number of pyridine rings is 1. The molecule has 0 amide bonds. The normalized spacial score (nSPS) is 23.3. The lowest BCUT2D eigenvalue weighted by Crippen LogP contribution is -2.46. The number of fused-ring (bicyclic) bond motifs is 1. The number of piperidine rings is 1. The van der Waals surface area contributed by atoms with Gasteiger partial charge in [0.15, 0.2) is 0 Å². The summed E-state index contributed by atoms with van der Waals surface area (Å²) >= 11 is 0. The van der Waals surface area contributed by atoms with Crippen molar-refractivity contribution in [3.63, 3.8) is 0 Å². The molecule has 0 radical (unpaired) electrons. The number of carboxylic acid groups (broad SMARTS) is 1. The number of hydrogen-bond acceptors (Lipinski definition) is 3. The van der Waals surface area contributed by atoms with E-state index in [0.717, 1.165) is 25.0 Å². The molecule has 5 nitrogen and oxygen atoms in total. The Kier molecular flexibility index (Phi) is 4.15. The van der Waals surface area contributed by atoms with Gasteiger partial charge < -0.3 is 5.11 Å². The van der Waals surface area contributed by atoms with Crippen molar-refractivity contribution < 1.29 is 9.90 Å². The van der Waals surface area contributed by atoms with Crippen LogP contribution in [0.2, 0.25) is 0 Å². The average molecular weight is 315 g/mol. The van der Waals surface area contributed by atoms with E-state index < -0.39 is 5.97 Å². The van der Waals surface area contributed by atoms with E-state index in [0.29, 0.717) is 12.5 Å². The zero-order valence-electron chi connectivity index (χ0n) is 14.1. The molecule has 0 saturated carbocycles. The number of carbonyl (C=O) groups is 1. The second-order valence-corrected chi connectivity index (χ2v) is 7.72. The second kappa shape index (κ2) is 5.96. The van der Waals surface area contributed by atoms with Crippen LogP contribution in [0.4, 0.5) is 0 Å². The first kappa shape index (κ1) is 16.0. The van der Waals surface area contributed by atoms with Crippen LogP contribution in [-0.4, -0.2) is 38.7 Å². The molecule has 2 atom stereocenters. The van der Waals surface area contributed by atoms with Crippen LogP contribution >= 0.6 is 0 Å². The van der Waals surface area contributed by atoms with E-state index in [9.17, 15) is 9.90 Å². The van der Waals surface area contributed by atoms with Gasteiger partial charge in [-0.1, -0.05) is 26.8 Å². The van der Waals surface area contributed by atoms with Gasteiger partial charge in [0.1, 0.15) is 0 Å². The molecule has 0 aromatic carbocycles. The number of likely N-dealkylation sites (tertiary alicyclic amines) is 1. The Morgan fingerprint density at radius 3 is 2.83 bits per heavy atom. The zero-order valence-corrected chi connectivity index (χ0v) is 14.1. The summed E-state index contributed by atoms with van der Waals surface area (Å²) in [5.74, 6) is -0.564. The summed E-state index contributed by atoms with van der Waals surface area (Å²) in [5, 5.41) is 13.8. The van der Waals surface area contributed by atoms with Crippen LogP contribution < -0.4 is 0 Å². The molecule has 124 valence electrons. The average Bonchev–Trinajstić information content (AvgIpc) is 2.95. The van der Waals surface area contributed by atoms with Crippen molar-refractivity contribution in [3.8, 4) is 0 Å². The number of aliphatic carboxylic acids is 1. The molecule has 1 aliphatic heterocycles. The van der Waals surface area contributed by atoms with E-state index in [2.05, 4.69) is 36.8 Å². The number of carboxylic acids is 1. The predicted octanol–water partition coefficient (Wildman–Crippen LogP) is 2.90. The van der Waals surface area contributed by atoms with Crippen molar-refractivity contribution in [1.29, 1.82) is 0 Å². The van der Waals surface area contributed by atoms with Gasteiger partial charge in [0.05, 0.1) is 11.4 Å². The Labute approximate surface area is 136 Å². The molecule has 2 aromatic rings. The van der Waals surface area contributed by atoms with Gasteiger partial charge in [-0.25, -0.2) is 4.52 Å². The number of aromatic nitrogens is 2. The predicted molar refractivity (Wildman–Crippen MR) is 89.2 cm³/mol. The highest BCUT2D eigenvalue weighted by atomic mass is 16.4. The smallest absolute Gasteiger partial charge is 0.307 e. The largest absolute Gasteiger partial charge is 0.481 e. The Morgan fingerprint density at radius 1 is 1.35 bits per heavy atom. The van der Waals surface area contributed by atoms with Crippen LogP contribution in [0.3, 0.4) is 0 Å². The summed E-state index contributed by atoms with van der Waals surface area (Å²) < 4.78 is 1.87. The minimum absolute atomic E-state index is 0.120. The molecule has 0 bridgehead atoms. The Morgan fingerprint density at radius 2 is 2.13 bits per heavy atom. The van der Waals surface area contributed by atoms with Crippen molar-refractivity contribution in [2.45, 2.75) is 33.7 Å². The number of nitrogens with zero attached hydrogens (tertiary/aromatic N) is 3. The Bertz CT molecular complexity index is 702. The van der Waals surface area contributed by atoms with Crippen LogP contribution in [0.15, 0.2) is 30.6 Å². The van der Waals surface area contributed by atoms with E-state index in [1.807, 2.05) is 22.8 Å². The molecule has 2 unspecified atom stereocenters. The van der Waals surface area contributed by atoms with Gasteiger partial charge in [0, 0.05) is 32.0 Å². The van der Waals surface area contributed by atoms with Gasteiger partial charge in [0.25, 0.3) is 0 Å². The van der Waals surface area contributed by atoms with Crippen LogP contribution in [0.1, 0.15) is 32.8 Å². The van der Waals surface area contributed by atoms with Crippen molar-refractivity contribution in [2.24, 2.45) is 17.3 Å². The highest BCUT2D eigenvalue weighted by Gasteiger charge is 2.37. The Balaban J connectivity index is 1.83. The quantitative estimate of drug-likeness (QED) is 0.946. The molecule has 0 spiro atoms. The molecule has 3 heterocycles. The first-order valence-electron chi connectivity index (χ1n) is 8.21. The SMILES string of the molecule is CC(C)(C)C1CC(C(=O)O)CN(Cc2cccn3nccc23)C1. The highest BCUT2D eigenvalue weighted by Crippen LogP contribution is 2.36. The molecule has 1 N–H and O–H groups in total. The summed E-state index contributed by atoms with van der Waals surface area (Å²) in [6.45, 7) is 8.96. The summed E-state index contributed by atoms with van der Waals surface area (Å²) in [7, 11) is 0. The molecule has 0 aliphatic carbocycles. The lowest BCUT2D eigenvalue weighted by Gasteiger charge is -2.42. The molecule has 3 rings (SSSR count). The van der Waals surface area contributed by atoms with E-state index in [-0.39, 0.29) is 11.3 Å². The molecule has 1 fully saturated rings. The molecule has 1 saturated heterocycles. The molecule has 2 aromatic heterocycles. The van der Waals surface area contributed by atoms with Gasteiger partial charge in [-0.15, -0.1) is 0 Å². The zero-order chi connectivity index (χ0) is 16.6. The molecular formula is C18H25N3O2. The van der Waals surface area contributed by atoms with Gasteiger partial charge in [-0.05, 0) is 35.4 Å². The maximum Gasteiger partial charge on any atom is 0.307 e. The molecule has 23 heavy (non-hydrogen) atoms. The third kappa shape index (κ3) is 3.39. The molecule has 1 aliphatic rings. The highest BCUT2D eigenvalue weighted by molar-refractivity contribution is 5.70. The van der Waals surface area contributed by atoms with Crippen LogP contribution in [0.5, 0.6) is 0 Å². The lowest BCUT2D eigenvalue weighted by molar-refractivity contribution is -0.145. The minimum atomic E-state index is -0.675. The summed E-state index contributed by atoms with van der Waals surface area (Å²) in [5.41, 5.74) is 2.41. The van der Waals surface area contributed by atoms with Crippen molar-refractivity contribution in [1.82, 2.24) is 14.5 Å². The monoisotopic (exact) mass is 315 g/mol. The van der Waals surface area contributed by atoms with E-state index >= 15 is 0 Å². The van der Waals surface area contributed by atoms with Crippen LogP contribution in [0, 0.1) is 17.3 Å². The van der Waals surface area contributed by atoms with Gasteiger partial charge in [-0.2, -0.15) is 5.10 Å². The standard InChI is InChI=1S/C18H25N3O2/c1-18(2,3)15-9-14(17(22)23)11-20(12-15)10-13-5-4-8-21-16(13)6-7-19-21/h4-8,14-15H,9-12H2,1-3H3,(H,22,23). The van der Waals surface area contributed by atoms with Crippen molar-refractivity contribution in [3.05, 3.63) is 36.2 Å². The lowest BCUT2D eigenvalue weighted by atomic mass is 9.73. The molecular weight excluding hydrogens is 290 g/mol. The minimum Gasteiger partial charge on any atom is -0.481 e. The fourth-order valence-electron chi connectivity index (χ4n) is 3.51. The van der Waals surface area contributed by atoms with Gasteiger partial charge >= 0.3 is 5.97 Å². The van der Waals surface area contributed by atoms with Crippen molar-refractivity contribution in [2.75, 3.05) is 13.1 Å².